The summed E-state index contributed by atoms with van der Waals surface area (Å²) in [6.45, 7) is 0. The first kappa shape index (κ1) is 14.7. The predicted octanol–water partition coefficient (Wildman–Crippen LogP) is 2.61. The maximum absolute atomic E-state index is 11.5. The number of nitro groups is 1. The minimum absolute atomic E-state index is 0.212. The summed E-state index contributed by atoms with van der Waals surface area (Å²) in [4.78, 5) is 22.2. The molecule has 0 aliphatic rings. The molecule has 0 radical (unpaired) electrons. The molecular weight excluding hydrogens is 294 g/mol. The Kier molecular flexibility index (Phi) is 4.99. The Morgan fingerprint density at radius 1 is 1.48 bits per heavy atom. The van der Waals surface area contributed by atoms with E-state index in [0.717, 1.165) is 4.88 Å². The molecular formula is C13H11N3O4S. The van der Waals surface area contributed by atoms with Crippen molar-refractivity contribution in [2.45, 2.75) is 6.42 Å². The highest BCUT2D eigenvalue weighted by molar-refractivity contribution is 7.10. The van der Waals surface area contributed by atoms with E-state index in [1.807, 2.05) is 17.5 Å². The van der Waals surface area contributed by atoms with Crippen molar-refractivity contribution in [3.05, 3.63) is 56.5 Å². The van der Waals surface area contributed by atoms with Gasteiger partial charge < -0.3 is 4.42 Å². The van der Waals surface area contributed by atoms with Crippen molar-refractivity contribution in [3.63, 3.8) is 0 Å². The van der Waals surface area contributed by atoms with Crippen LogP contribution in [0.2, 0.25) is 0 Å². The lowest BCUT2D eigenvalue weighted by atomic mass is 10.3. The fourth-order valence-corrected chi connectivity index (χ4v) is 2.13. The summed E-state index contributed by atoms with van der Waals surface area (Å²) < 4.78 is 4.91. The Labute approximate surface area is 123 Å². The van der Waals surface area contributed by atoms with Gasteiger partial charge in [-0.3, -0.25) is 14.9 Å². The van der Waals surface area contributed by atoms with Gasteiger partial charge in [0.15, 0.2) is 0 Å². The molecule has 0 unspecified atom stereocenters. The van der Waals surface area contributed by atoms with Crippen LogP contribution in [0, 0.1) is 10.1 Å². The van der Waals surface area contributed by atoms with E-state index < -0.39 is 4.92 Å². The van der Waals surface area contributed by atoms with Gasteiger partial charge in [0.2, 0.25) is 5.91 Å². The predicted molar refractivity (Wildman–Crippen MR) is 79.1 cm³/mol. The minimum atomic E-state index is -0.615. The first-order valence-electron chi connectivity index (χ1n) is 5.90. The largest absolute Gasteiger partial charge is 0.433 e. The first-order chi connectivity index (χ1) is 10.1. The molecule has 0 spiro atoms. The molecule has 2 heterocycles. The number of hydrazone groups is 1. The summed E-state index contributed by atoms with van der Waals surface area (Å²) in [5, 5.41) is 16.0. The SMILES string of the molecule is O=C(Cc1cccs1)NN=CC=Cc1ccc([N+](=O)[O-])o1. The number of nitrogens with zero attached hydrogens (tertiary/aromatic N) is 2. The number of rotatable bonds is 6. The van der Waals surface area contributed by atoms with Gasteiger partial charge in [-0.1, -0.05) is 6.07 Å². The number of hydrogen-bond donors (Lipinski definition) is 1. The van der Waals surface area contributed by atoms with Crippen LogP contribution in [0.15, 0.2) is 45.2 Å². The molecule has 7 nitrogen and oxygen atoms in total. The highest BCUT2D eigenvalue weighted by Gasteiger charge is 2.09. The standard InChI is InChI=1S/C13H11N3O4S/c17-12(9-11-4-2-8-21-11)15-14-7-1-3-10-5-6-13(20-10)16(18)19/h1-8H,9H2,(H,15,17). The van der Waals surface area contributed by atoms with E-state index in [-0.39, 0.29) is 18.2 Å². The van der Waals surface area contributed by atoms with Crippen molar-refractivity contribution >= 4 is 35.4 Å². The number of carbonyl (C=O) groups is 1. The average Bonchev–Trinajstić information content (AvgIpc) is 3.09. The van der Waals surface area contributed by atoms with Crippen LogP contribution in [0.3, 0.4) is 0 Å². The number of hydrogen-bond acceptors (Lipinski definition) is 6. The van der Waals surface area contributed by atoms with E-state index in [1.165, 1.54) is 41.8 Å². The summed E-state index contributed by atoms with van der Waals surface area (Å²) >= 11 is 1.50. The molecule has 0 aromatic carbocycles. The zero-order valence-corrected chi connectivity index (χ0v) is 11.6. The molecule has 0 fully saturated rings. The maximum Gasteiger partial charge on any atom is 0.433 e. The normalized spacial score (nSPS) is 11.2. The Bertz CT molecular complexity index is 673. The molecule has 1 amide bonds. The Balaban J connectivity index is 1.77. The molecule has 0 atom stereocenters. The van der Waals surface area contributed by atoms with Crippen molar-refractivity contribution in [1.29, 1.82) is 0 Å². The summed E-state index contributed by atoms with van der Waals surface area (Å²) in [5.74, 6) is -0.204. The summed E-state index contributed by atoms with van der Waals surface area (Å²) in [6.07, 6.45) is 4.65. The summed E-state index contributed by atoms with van der Waals surface area (Å²) in [5.41, 5.74) is 2.38. The third kappa shape index (κ3) is 4.69. The van der Waals surface area contributed by atoms with Gasteiger partial charge in [0.25, 0.3) is 0 Å². The summed E-state index contributed by atoms with van der Waals surface area (Å²) in [7, 11) is 0. The van der Waals surface area contributed by atoms with Crippen LogP contribution in [0.1, 0.15) is 10.6 Å². The van der Waals surface area contributed by atoms with Crippen molar-refractivity contribution in [2.75, 3.05) is 0 Å². The van der Waals surface area contributed by atoms with Crippen LogP contribution >= 0.6 is 11.3 Å². The van der Waals surface area contributed by atoms with Crippen molar-refractivity contribution in [3.8, 4) is 0 Å². The van der Waals surface area contributed by atoms with Crippen LogP contribution in [0.25, 0.3) is 6.08 Å². The molecule has 1 N–H and O–H groups in total. The van der Waals surface area contributed by atoms with E-state index in [1.54, 1.807) is 0 Å². The zero-order valence-electron chi connectivity index (χ0n) is 10.8. The fourth-order valence-electron chi connectivity index (χ4n) is 1.43. The highest BCUT2D eigenvalue weighted by atomic mass is 32.1. The van der Waals surface area contributed by atoms with E-state index in [4.69, 9.17) is 4.42 Å². The van der Waals surface area contributed by atoms with Crippen LogP contribution < -0.4 is 5.43 Å². The molecule has 0 aliphatic heterocycles. The quantitative estimate of drug-likeness (QED) is 0.504. The second-order valence-corrected chi connectivity index (χ2v) is 4.89. The lowest BCUT2D eigenvalue weighted by Crippen LogP contribution is -2.18. The van der Waals surface area contributed by atoms with Crippen LogP contribution in [0.5, 0.6) is 0 Å². The van der Waals surface area contributed by atoms with Gasteiger partial charge in [0.05, 0.1) is 12.5 Å². The zero-order chi connectivity index (χ0) is 15.1. The van der Waals surface area contributed by atoms with E-state index in [9.17, 15) is 14.9 Å². The van der Waals surface area contributed by atoms with Crippen LogP contribution in [0.4, 0.5) is 5.88 Å². The Morgan fingerprint density at radius 2 is 2.33 bits per heavy atom. The molecule has 0 saturated carbocycles. The van der Waals surface area contributed by atoms with Crippen LogP contribution in [-0.2, 0) is 11.2 Å². The highest BCUT2D eigenvalue weighted by Crippen LogP contribution is 2.16. The molecule has 2 rings (SSSR count). The Morgan fingerprint density at radius 3 is 3.00 bits per heavy atom. The smallest absolute Gasteiger partial charge is 0.401 e. The van der Waals surface area contributed by atoms with Gasteiger partial charge in [0.1, 0.15) is 10.7 Å². The number of allylic oxidation sites excluding steroid dienone is 1. The molecule has 2 aromatic rings. The minimum Gasteiger partial charge on any atom is -0.401 e. The Hall–Kier alpha value is -2.74. The van der Waals surface area contributed by atoms with Gasteiger partial charge in [0, 0.05) is 11.1 Å². The van der Waals surface area contributed by atoms with Crippen molar-refractivity contribution in [2.24, 2.45) is 5.10 Å². The van der Waals surface area contributed by atoms with Gasteiger partial charge in [-0.2, -0.15) is 5.10 Å². The van der Waals surface area contributed by atoms with Crippen LogP contribution in [-0.4, -0.2) is 17.0 Å². The molecule has 2 aromatic heterocycles. The first-order valence-corrected chi connectivity index (χ1v) is 6.78. The van der Waals surface area contributed by atoms with Gasteiger partial charge in [-0.05, 0) is 29.7 Å². The number of nitrogens with one attached hydrogen (secondary N) is 1. The number of amides is 1. The fraction of sp³-hybridized carbons (Fsp3) is 0.0769. The third-order valence-electron chi connectivity index (χ3n) is 2.32. The molecule has 8 heteroatoms. The topological polar surface area (TPSA) is 97.7 Å². The molecule has 0 aliphatic carbocycles. The second-order valence-electron chi connectivity index (χ2n) is 3.86. The number of thiophene rings is 1. The second kappa shape index (κ2) is 7.15. The number of carbonyl (C=O) groups excluding carboxylic acids is 1. The average molecular weight is 305 g/mol. The van der Waals surface area contributed by atoms with Gasteiger partial charge >= 0.3 is 5.88 Å². The molecule has 108 valence electrons. The van der Waals surface area contributed by atoms with Crippen molar-refractivity contribution in [1.82, 2.24) is 5.43 Å². The molecule has 0 bridgehead atoms. The molecule has 0 saturated heterocycles. The van der Waals surface area contributed by atoms with E-state index >= 15 is 0 Å². The third-order valence-corrected chi connectivity index (χ3v) is 3.19. The summed E-state index contributed by atoms with van der Waals surface area (Å²) in [6, 6.07) is 6.48. The lowest BCUT2D eigenvalue weighted by molar-refractivity contribution is -0.402. The maximum atomic E-state index is 11.5. The van der Waals surface area contributed by atoms with E-state index in [0.29, 0.717) is 5.76 Å². The van der Waals surface area contributed by atoms with Gasteiger partial charge in [-0.25, -0.2) is 5.43 Å². The molecule has 21 heavy (non-hydrogen) atoms. The van der Waals surface area contributed by atoms with Crippen molar-refractivity contribution < 1.29 is 14.1 Å². The van der Waals surface area contributed by atoms with E-state index in [2.05, 4.69) is 10.5 Å². The number of furan rings is 1. The van der Waals surface area contributed by atoms with Gasteiger partial charge in [-0.15, -0.1) is 11.3 Å². The monoisotopic (exact) mass is 305 g/mol. The lowest BCUT2D eigenvalue weighted by Gasteiger charge is -1.95.